The van der Waals surface area contributed by atoms with Gasteiger partial charge in [0.05, 0.1) is 19.5 Å². The fourth-order valence-electron chi connectivity index (χ4n) is 2.48. The summed E-state index contributed by atoms with van der Waals surface area (Å²) in [6, 6.07) is 11.0. The minimum atomic E-state index is -0.297. The Hall–Kier alpha value is -2.54. The monoisotopic (exact) mass is 375 g/mol. The summed E-state index contributed by atoms with van der Waals surface area (Å²) < 4.78 is 21.6. The Morgan fingerprint density at radius 2 is 1.69 bits per heavy atom. The van der Waals surface area contributed by atoms with Gasteiger partial charge in [0.25, 0.3) is 0 Å². The second kappa shape index (κ2) is 8.23. The zero-order valence-electron chi connectivity index (χ0n) is 14.9. The lowest BCUT2D eigenvalue weighted by Crippen LogP contribution is -2.22. The molecule has 0 bridgehead atoms. The number of amides is 1. The highest BCUT2D eigenvalue weighted by atomic mass is 32.2. The Bertz CT molecular complexity index is 773. The molecule has 0 radical (unpaired) electrons. The lowest BCUT2D eigenvalue weighted by atomic mass is 10.2. The molecule has 2 aromatic carbocycles. The molecule has 0 saturated carbocycles. The molecule has 6 nitrogen and oxygen atoms in total. The fourth-order valence-corrected chi connectivity index (χ4v) is 3.37. The van der Waals surface area contributed by atoms with Gasteiger partial charge in [0.2, 0.25) is 5.91 Å². The van der Waals surface area contributed by atoms with Gasteiger partial charge in [-0.25, -0.2) is 0 Å². The van der Waals surface area contributed by atoms with E-state index in [4.69, 9.17) is 18.9 Å². The molecular weight excluding hydrogens is 354 g/mol. The Labute approximate surface area is 156 Å². The highest BCUT2D eigenvalue weighted by Crippen LogP contribution is 2.35. The fraction of sp³-hybridized carbons (Fsp3) is 0.316. The summed E-state index contributed by atoms with van der Waals surface area (Å²) in [5.74, 6) is 2.58. The molecule has 7 heteroatoms. The maximum Gasteiger partial charge on any atom is 0.237 e. The van der Waals surface area contributed by atoms with Crippen molar-refractivity contribution in [1.29, 1.82) is 0 Å². The first kappa shape index (κ1) is 18.3. The van der Waals surface area contributed by atoms with Gasteiger partial charge in [-0.05, 0) is 25.1 Å². The zero-order chi connectivity index (χ0) is 18.5. The molecule has 26 heavy (non-hydrogen) atoms. The third kappa shape index (κ3) is 4.35. The minimum Gasteiger partial charge on any atom is -0.497 e. The van der Waals surface area contributed by atoms with Crippen molar-refractivity contribution in [2.75, 3.05) is 32.8 Å². The highest BCUT2D eigenvalue weighted by Gasteiger charge is 2.18. The predicted octanol–water partition coefficient (Wildman–Crippen LogP) is 3.59. The molecule has 1 N–H and O–H groups in total. The van der Waals surface area contributed by atoms with Gasteiger partial charge in [-0.1, -0.05) is 0 Å². The normalized spacial score (nSPS) is 13.7. The average molecular weight is 375 g/mol. The summed E-state index contributed by atoms with van der Waals surface area (Å²) in [5, 5.41) is 2.60. The number of anilines is 1. The van der Waals surface area contributed by atoms with Gasteiger partial charge in [-0.2, -0.15) is 0 Å². The van der Waals surface area contributed by atoms with Crippen LogP contribution >= 0.6 is 11.8 Å². The number of benzene rings is 2. The molecule has 0 aromatic heterocycles. The van der Waals surface area contributed by atoms with Gasteiger partial charge in [-0.3, -0.25) is 4.79 Å². The van der Waals surface area contributed by atoms with E-state index in [-0.39, 0.29) is 11.2 Å². The Morgan fingerprint density at radius 1 is 1.04 bits per heavy atom. The van der Waals surface area contributed by atoms with Crippen LogP contribution < -0.4 is 24.3 Å². The summed E-state index contributed by atoms with van der Waals surface area (Å²) >= 11 is 1.45. The molecular formula is C19H21NO5S. The Morgan fingerprint density at radius 3 is 2.35 bits per heavy atom. The number of methoxy groups -OCH3 is 2. The number of fused-ring (bicyclic) bond motifs is 1. The molecule has 1 unspecified atom stereocenters. The number of ether oxygens (including phenoxy) is 4. The van der Waals surface area contributed by atoms with E-state index in [0.29, 0.717) is 36.1 Å². The summed E-state index contributed by atoms with van der Waals surface area (Å²) in [7, 11) is 3.14. The van der Waals surface area contributed by atoms with Crippen LogP contribution in [0.2, 0.25) is 0 Å². The quantitative estimate of drug-likeness (QED) is 0.779. The third-order valence-corrected chi connectivity index (χ3v) is 4.91. The summed E-state index contributed by atoms with van der Waals surface area (Å²) in [6.07, 6.45) is 0. The molecule has 0 saturated heterocycles. The minimum absolute atomic E-state index is 0.111. The van der Waals surface area contributed by atoms with E-state index in [1.165, 1.54) is 11.8 Å². The smallest absolute Gasteiger partial charge is 0.237 e. The molecule has 138 valence electrons. The van der Waals surface area contributed by atoms with E-state index >= 15 is 0 Å². The van der Waals surface area contributed by atoms with E-state index < -0.39 is 0 Å². The van der Waals surface area contributed by atoms with Gasteiger partial charge >= 0.3 is 0 Å². The van der Waals surface area contributed by atoms with Crippen molar-refractivity contribution < 1.29 is 23.7 Å². The van der Waals surface area contributed by atoms with Crippen LogP contribution in [0, 0.1) is 0 Å². The van der Waals surface area contributed by atoms with Gasteiger partial charge in [0.1, 0.15) is 24.7 Å². The molecule has 0 fully saturated rings. The van der Waals surface area contributed by atoms with Crippen LogP contribution in [0.15, 0.2) is 41.3 Å². The first-order valence-electron chi connectivity index (χ1n) is 8.19. The molecule has 1 heterocycles. The maximum absolute atomic E-state index is 12.5. The van der Waals surface area contributed by atoms with Crippen LogP contribution in [0.4, 0.5) is 5.69 Å². The first-order chi connectivity index (χ1) is 12.6. The summed E-state index contributed by atoms with van der Waals surface area (Å²) in [6.45, 7) is 2.95. The molecule has 1 atom stereocenters. The van der Waals surface area contributed by atoms with Gasteiger partial charge in [0, 0.05) is 28.8 Å². The van der Waals surface area contributed by atoms with Crippen LogP contribution in [0.25, 0.3) is 0 Å². The van der Waals surface area contributed by atoms with Crippen LogP contribution in [0.3, 0.4) is 0 Å². The Balaban J connectivity index is 1.66. The van der Waals surface area contributed by atoms with Crippen molar-refractivity contribution >= 4 is 23.4 Å². The van der Waals surface area contributed by atoms with Crippen molar-refractivity contribution in [1.82, 2.24) is 0 Å². The van der Waals surface area contributed by atoms with Gasteiger partial charge in [0.15, 0.2) is 11.5 Å². The topological polar surface area (TPSA) is 66.0 Å². The van der Waals surface area contributed by atoms with E-state index in [9.17, 15) is 4.79 Å². The SMILES string of the molecule is COc1cc(NC(=O)C(C)Sc2ccc3c(c2)OCCO3)cc(OC)c1. The van der Waals surface area contributed by atoms with E-state index in [0.717, 1.165) is 10.6 Å². The number of hydrogen-bond acceptors (Lipinski definition) is 6. The van der Waals surface area contributed by atoms with Crippen LogP contribution in [-0.2, 0) is 4.79 Å². The Kier molecular flexibility index (Phi) is 5.78. The lowest BCUT2D eigenvalue weighted by molar-refractivity contribution is -0.115. The summed E-state index contributed by atoms with van der Waals surface area (Å²) in [5.41, 5.74) is 0.626. The van der Waals surface area contributed by atoms with Crippen molar-refractivity contribution in [3.8, 4) is 23.0 Å². The number of hydrogen-bond donors (Lipinski definition) is 1. The predicted molar refractivity (Wildman–Crippen MR) is 101 cm³/mol. The lowest BCUT2D eigenvalue weighted by Gasteiger charge is -2.19. The number of nitrogens with one attached hydrogen (secondary N) is 1. The largest absolute Gasteiger partial charge is 0.497 e. The van der Waals surface area contributed by atoms with E-state index in [2.05, 4.69) is 5.32 Å². The number of rotatable bonds is 6. The average Bonchev–Trinajstić information content (AvgIpc) is 2.67. The molecule has 1 amide bonds. The molecule has 0 aliphatic carbocycles. The highest BCUT2D eigenvalue weighted by molar-refractivity contribution is 8.00. The van der Waals surface area contributed by atoms with Crippen molar-refractivity contribution in [2.45, 2.75) is 17.1 Å². The van der Waals surface area contributed by atoms with Crippen molar-refractivity contribution in [3.63, 3.8) is 0 Å². The van der Waals surface area contributed by atoms with Crippen molar-refractivity contribution in [3.05, 3.63) is 36.4 Å². The van der Waals surface area contributed by atoms with E-state index in [1.54, 1.807) is 32.4 Å². The van der Waals surface area contributed by atoms with Crippen LogP contribution in [0.5, 0.6) is 23.0 Å². The zero-order valence-corrected chi connectivity index (χ0v) is 15.7. The number of thioether (sulfide) groups is 1. The first-order valence-corrected chi connectivity index (χ1v) is 9.07. The van der Waals surface area contributed by atoms with Gasteiger partial charge in [-0.15, -0.1) is 11.8 Å². The van der Waals surface area contributed by atoms with Crippen LogP contribution in [0.1, 0.15) is 6.92 Å². The molecule has 0 spiro atoms. The standard InChI is InChI=1S/C19H21NO5S/c1-12(26-16-4-5-17-18(11-16)25-7-6-24-17)19(21)20-13-8-14(22-2)10-15(9-13)23-3/h4-5,8-12H,6-7H2,1-3H3,(H,20,21). The number of carbonyl (C=O) groups excluding carboxylic acids is 1. The van der Waals surface area contributed by atoms with Gasteiger partial charge < -0.3 is 24.3 Å². The van der Waals surface area contributed by atoms with Crippen molar-refractivity contribution in [2.24, 2.45) is 0 Å². The third-order valence-electron chi connectivity index (χ3n) is 3.81. The molecule has 2 aromatic rings. The summed E-state index contributed by atoms with van der Waals surface area (Å²) in [4.78, 5) is 13.5. The maximum atomic E-state index is 12.5. The molecule has 1 aliphatic heterocycles. The second-order valence-corrected chi connectivity index (χ2v) is 7.07. The van der Waals surface area contributed by atoms with E-state index in [1.807, 2.05) is 25.1 Å². The molecule has 1 aliphatic rings. The van der Waals surface area contributed by atoms with Crippen LogP contribution in [-0.4, -0.2) is 38.6 Å². The molecule has 3 rings (SSSR count). The number of carbonyl (C=O) groups is 1. The second-order valence-electron chi connectivity index (χ2n) is 5.66.